The van der Waals surface area contributed by atoms with Crippen molar-refractivity contribution < 1.29 is 33.7 Å². The first-order valence-corrected chi connectivity index (χ1v) is 22.6. The van der Waals surface area contributed by atoms with E-state index in [-0.39, 0.29) is 47.8 Å². The maximum atomic E-state index is 13.9. The fourth-order valence-electron chi connectivity index (χ4n) is 10.5. The Balaban J connectivity index is 0.722. The number of amides is 4. The molecule has 0 unspecified atom stereocenters. The van der Waals surface area contributed by atoms with Crippen LogP contribution in [-0.2, 0) is 14.3 Å². The van der Waals surface area contributed by atoms with Crippen LogP contribution in [0.1, 0.15) is 38.5 Å². The lowest BCUT2D eigenvalue weighted by atomic mass is 10.0. The van der Waals surface area contributed by atoms with Gasteiger partial charge in [0.15, 0.2) is 11.6 Å². The molecule has 6 aliphatic heterocycles. The molecule has 2 bridgehead atoms. The summed E-state index contributed by atoms with van der Waals surface area (Å²) in [5, 5.41) is 21.5. The predicted molar refractivity (Wildman–Crippen MR) is 242 cm³/mol. The quantitative estimate of drug-likeness (QED) is 0.215. The van der Waals surface area contributed by atoms with Crippen molar-refractivity contribution in [2.24, 2.45) is 0 Å². The van der Waals surface area contributed by atoms with Crippen LogP contribution in [0.4, 0.5) is 33.4 Å². The molecule has 0 saturated carbocycles. The molecule has 64 heavy (non-hydrogen) atoms. The summed E-state index contributed by atoms with van der Waals surface area (Å²) >= 11 is 0. The molecule has 17 nitrogen and oxygen atoms in total. The molecule has 17 heteroatoms. The van der Waals surface area contributed by atoms with Gasteiger partial charge in [-0.1, -0.05) is 24.3 Å². The van der Waals surface area contributed by atoms with Gasteiger partial charge in [0.1, 0.15) is 30.3 Å². The van der Waals surface area contributed by atoms with E-state index in [1.54, 1.807) is 12.1 Å². The maximum absolute atomic E-state index is 13.9. The van der Waals surface area contributed by atoms with Gasteiger partial charge in [-0.2, -0.15) is 0 Å². The number of nitrogens with zero attached hydrogens (tertiary/aromatic N) is 8. The lowest BCUT2D eigenvalue weighted by Crippen LogP contribution is -2.65. The molecular formula is C47H56N10O7. The SMILES string of the molecule is CN(C(=O)N1CCC(Oc2cccc(N3[C@@H]4COC[C@H]3CN(c3cc(-c5ccccc5O)nnc3N)C4)c2)CC1)C1CCN(c2cccc3c2OCCN3[C@H]2CCC(=O)NC2=O)CC1. The number of ether oxygens (including phenoxy) is 3. The van der Waals surface area contributed by atoms with Crippen molar-refractivity contribution in [1.29, 1.82) is 0 Å². The second-order valence-corrected chi connectivity index (χ2v) is 17.7. The second-order valence-electron chi connectivity index (χ2n) is 17.7. The van der Waals surface area contributed by atoms with Gasteiger partial charge in [-0.15, -0.1) is 10.2 Å². The zero-order valence-corrected chi connectivity index (χ0v) is 36.2. The highest BCUT2D eigenvalue weighted by atomic mass is 16.5. The topological polar surface area (TPSA) is 182 Å². The molecule has 4 amide bonds. The zero-order chi connectivity index (χ0) is 43.9. The molecule has 0 radical (unpaired) electrons. The third-order valence-electron chi connectivity index (χ3n) is 13.8. The monoisotopic (exact) mass is 872 g/mol. The first kappa shape index (κ1) is 41.5. The smallest absolute Gasteiger partial charge is 0.319 e. The number of benzene rings is 3. The van der Waals surface area contributed by atoms with Crippen LogP contribution in [0.15, 0.2) is 72.8 Å². The van der Waals surface area contributed by atoms with Crippen LogP contribution >= 0.6 is 0 Å². The number of hydrogen-bond donors (Lipinski definition) is 3. The van der Waals surface area contributed by atoms with Crippen LogP contribution in [0.2, 0.25) is 0 Å². The standard InChI is InChI=1S/C47H56N10O7/c1-52(30-14-18-53(19-15-30)38-9-5-10-39-44(38)63-23-22-56(39)40-12-13-43(59)49-46(40)60)47(61)54-20-16-34(17-21-54)64-35-7-4-6-31(24-35)57-32-26-55(27-33(57)29-62-28-32)41-25-37(50-51-45(41)48)36-8-2-3-11-42(36)58/h2-11,24-25,30,32-34,40,58H,12-23,26-29H2,1H3,(H2,48,51)(H,49,59,60)/t32-,33+,40-/m0/s1. The van der Waals surface area contributed by atoms with Gasteiger partial charge < -0.3 is 54.5 Å². The molecule has 7 heterocycles. The normalized spacial score (nSPS) is 23.0. The number of nitrogens with two attached hydrogens (primary N) is 1. The fraction of sp³-hybridized carbons (Fsp3) is 0.468. The number of carbonyl (C=O) groups excluding carboxylic acids is 3. The number of hydrogen-bond acceptors (Lipinski definition) is 14. The molecule has 3 atom stereocenters. The Morgan fingerprint density at radius 3 is 2.36 bits per heavy atom. The molecule has 3 aromatic carbocycles. The number of imide groups is 1. The maximum Gasteiger partial charge on any atom is 0.319 e. The Bertz CT molecular complexity index is 2370. The van der Waals surface area contributed by atoms with Crippen LogP contribution in [0.5, 0.6) is 17.2 Å². The molecule has 5 fully saturated rings. The number of fused-ring (bicyclic) bond motifs is 3. The summed E-state index contributed by atoms with van der Waals surface area (Å²) in [6.45, 7) is 6.35. The van der Waals surface area contributed by atoms with Crippen molar-refractivity contribution in [3.05, 3.63) is 72.8 Å². The minimum atomic E-state index is -0.398. The number of likely N-dealkylation sites (tertiary alicyclic amines) is 1. The first-order valence-electron chi connectivity index (χ1n) is 22.6. The van der Waals surface area contributed by atoms with E-state index >= 15 is 0 Å². The number of aromatic nitrogens is 2. The van der Waals surface area contributed by atoms with Crippen LogP contribution in [0, 0.1) is 0 Å². The number of anilines is 5. The molecule has 4 N–H and O–H groups in total. The molecule has 0 spiro atoms. The number of piperazine rings is 1. The number of piperidine rings is 3. The molecule has 336 valence electrons. The summed E-state index contributed by atoms with van der Waals surface area (Å²) in [4.78, 5) is 51.4. The van der Waals surface area contributed by atoms with Gasteiger partial charge >= 0.3 is 6.03 Å². The van der Waals surface area contributed by atoms with Crippen molar-refractivity contribution >= 4 is 46.4 Å². The second kappa shape index (κ2) is 17.6. The lowest BCUT2D eigenvalue weighted by Gasteiger charge is -2.51. The summed E-state index contributed by atoms with van der Waals surface area (Å²) in [6.07, 6.45) is 3.98. The van der Waals surface area contributed by atoms with E-state index in [9.17, 15) is 19.5 Å². The van der Waals surface area contributed by atoms with Crippen LogP contribution in [-0.4, -0.2) is 146 Å². The van der Waals surface area contributed by atoms with Crippen molar-refractivity contribution in [2.75, 3.05) is 98.0 Å². The molecule has 10 rings (SSSR count). The van der Waals surface area contributed by atoms with Crippen molar-refractivity contribution in [3.63, 3.8) is 0 Å². The van der Waals surface area contributed by atoms with Crippen molar-refractivity contribution in [2.45, 2.75) is 68.8 Å². The number of nitrogen functional groups attached to an aromatic ring is 1. The van der Waals surface area contributed by atoms with E-state index < -0.39 is 6.04 Å². The number of phenolic OH excluding ortho intramolecular Hbond substituents is 1. The highest BCUT2D eigenvalue weighted by Crippen LogP contribution is 2.43. The van der Waals surface area contributed by atoms with Gasteiger partial charge in [0.05, 0.1) is 54.6 Å². The Hall–Kier alpha value is -6.49. The first-order chi connectivity index (χ1) is 31.2. The molecular weight excluding hydrogens is 817 g/mol. The molecule has 5 saturated heterocycles. The van der Waals surface area contributed by atoms with Gasteiger partial charge in [0.25, 0.3) is 0 Å². The zero-order valence-electron chi connectivity index (χ0n) is 36.2. The van der Waals surface area contributed by atoms with Crippen LogP contribution in [0.25, 0.3) is 11.3 Å². The molecule has 4 aromatic rings. The van der Waals surface area contributed by atoms with E-state index in [2.05, 4.69) is 53.3 Å². The minimum absolute atomic E-state index is 0.00197. The highest BCUT2D eigenvalue weighted by molar-refractivity contribution is 6.02. The van der Waals surface area contributed by atoms with Gasteiger partial charge in [0.2, 0.25) is 11.8 Å². The Kier molecular flexibility index (Phi) is 11.4. The molecule has 0 aliphatic carbocycles. The van der Waals surface area contributed by atoms with Crippen LogP contribution < -0.4 is 40.1 Å². The lowest BCUT2D eigenvalue weighted by molar-refractivity contribution is -0.134. The number of phenols is 1. The average molecular weight is 873 g/mol. The number of morpholine rings is 1. The molecule has 6 aliphatic rings. The average Bonchev–Trinajstić information content (AvgIpc) is 3.31. The number of para-hydroxylation sites is 2. The van der Waals surface area contributed by atoms with Gasteiger partial charge in [-0.3, -0.25) is 14.9 Å². The number of nitrogens with one attached hydrogen (secondary N) is 1. The summed E-state index contributed by atoms with van der Waals surface area (Å²) in [7, 11) is 1.93. The van der Waals surface area contributed by atoms with Gasteiger partial charge in [0, 0.05) is 88.9 Å². The fourth-order valence-corrected chi connectivity index (χ4v) is 10.5. The van der Waals surface area contributed by atoms with Gasteiger partial charge in [-0.05, 0) is 61.7 Å². The van der Waals surface area contributed by atoms with E-state index in [0.717, 1.165) is 73.0 Å². The van der Waals surface area contributed by atoms with Gasteiger partial charge in [-0.25, -0.2) is 4.79 Å². The minimum Gasteiger partial charge on any atom is -0.507 e. The van der Waals surface area contributed by atoms with Crippen LogP contribution in [0.3, 0.4) is 0 Å². The molecule has 1 aromatic heterocycles. The van der Waals surface area contributed by atoms with E-state index in [1.807, 2.05) is 59.3 Å². The summed E-state index contributed by atoms with van der Waals surface area (Å²) in [5.41, 5.74) is 11.3. The van der Waals surface area contributed by atoms with E-state index in [0.29, 0.717) is 82.5 Å². The Morgan fingerprint density at radius 2 is 1.59 bits per heavy atom. The third kappa shape index (κ3) is 8.12. The number of carbonyl (C=O) groups is 3. The van der Waals surface area contributed by atoms with Crippen molar-refractivity contribution in [1.82, 2.24) is 25.3 Å². The number of aromatic hydroxyl groups is 1. The predicted octanol–water partition coefficient (Wildman–Crippen LogP) is 4.09. The van der Waals surface area contributed by atoms with E-state index in [4.69, 9.17) is 19.9 Å². The summed E-state index contributed by atoms with van der Waals surface area (Å²) < 4.78 is 18.9. The number of urea groups is 1. The number of rotatable bonds is 8. The highest BCUT2D eigenvalue weighted by Gasteiger charge is 2.40. The third-order valence-corrected chi connectivity index (χ3v) is 13.8. The summed E-state index contributed by atoms with van der Waals surface area (Å²) in [5.74, 6) is 1.62. The summed E-state index contributed by atoms with van der Waals surface area (Å²) in [6, 6.07) is 23.3. The Morgan fingerprint density at radius 1 is 0.844 bits per heavy atom. The largest absolute Gasteiger partial charge is 0.507 e. The Labute approximate surface area is 372 Å². The van der Waals surface area contributed by atoms with E-state index in [1.165, 1.54) is 0 Å². The van der Waals surface area contributed by atoms with Crippen molar-refractivity contribution in [3.8, 4) is 28.5 Å².